The van der Waals surface area contributed by atoms with Gasteiger partial charge in [-0.05, 0) is 13.8 Å². The zero-order chi connectivity index (χ0) is 14.7. The Morgan fingerprint density at radius 2 is 1.74 bits per heavy atom. The van der Waals surface area contributed by atoms with Crippen LogP contribution in [0.3, 0.4) is 0 Å². The van der Waals surface area contributed by atoms with Gasteiger partial charge >= 0.3 is 0 Å². The molecule has 0 radical (unpaired) electrons. The van der Waals surface area contributed by atoms with Gasteiger partial charge in [-0.15, -0.1) is 0 Å². The third-order valence-electron chi connectivity index (χ3n) is 3.86. The molecule has 1 aliphatic carbocycles. The summed E-state index contributed by atoms with van der Waals surface area (Å²) >= 11 is 0. The molecular weight excluding hydrogens is 276 g/mol. The number of alkyl halides is 2. The number of hydrogen-bond donors (Lipinski definition) is 1. The van der Waals surface area contributed by atoms with Crippen molar-refractivity contribution < 1.29 is 22.0 Å². The molecule has 7 heteroatoms. The Morgan fingerprint density at radius 3 is 2.05 bits per heavy atom. The summed E-state index contributed by atoms with van der Waals surface area (Å²) in [5.74, 6) is -3.67. The van der Waals surface area contributed by atoms with Crippen LogP contribution in [0.4, 0.5) is 8.78 Å². The minimum atomic E-state index is -3.10. The summed E-state index contributed by atoms with van der Waals surface area (Å²) in [5.41, 5.74) is -1.71. The van der Waals surface area contributed by atoms with Gasteiger partial charge in [-0.1, -0.05) is 12.2 Å². The lowest BCUT2D eigenvalue weighted by Gasteiger charge is -2.49. The largest absolute Gasteiger partial charge is 0.348 e. The van der Waals surface area contributed by atoms with Crippen molar-refractivity contribution in [3.8, 4) is 0 Å². The predicted octanol–water partition coefficient (Wildman–Crippen LogP) is 1.28. The van der Waals surface area contributed by atoms with E-state index in [0.29, 0.717) is 5.57 Å². The van der Waals surface area contributed by atoms with Gasteiger partial charge in [0.2, 0.25) is 5.91 Å². The number of nitrogens with one attached hydrogen (secondary N) is 1. The van der Waals surface area contributed by atoms with Crippen LogP contribution in [0, 0.1) is 5.41 Å². The van der Waals surface area contributed by atoms with Crippen LogP contribution in [0.2, 0.25) is 0 Å². The van der Waals surface area contributed by atoms with Crippen molar-refractivity contribution in [3.63, 3.8) is 0 Å². The minimum Gasteiger partial charge on any atom is -0.348 e. The van der Waals surface area contributed by atoms with E-state index in [2.05, 4.69) is 11.9 Å². The molecule has 0 aromatic heterocycles. The maximum atomic E-state index is 13.1. The highest BCUT2D eigenvalue weighted by Crippen LogP contribution is 2.56. The van der Waals surface area contributed by atoms with Crippen LogP contribution in [0.1, 0.15) is 26.7 Å². The highest BCUT2D eigenvalue weighted by Gasteiger charge is 2.62. The fraction of sp³-hybridized carbons (Fsp3) is 0.750. The summed E-state index contributed by atoms with van der Waals surface area (Å²) in [5, 5.41) is 2.60. The third-order valence-corrected chi connectivity index (χ3v) is 6.02. The number of amides is 1. The molecule has 0 aromatic carbocycles. The monoisotopic (exact) mass is 293 g/mol. The maximum absolute atomic E-state index is 13.1. The Kier molecular flexibility index (Phi) is 2.87. The molecule has 0 unspecified atom stereocenters. The molecule has 0 atom stereocenters. The van der Waals surface area contributed by atoms with Crippen LogP contribution in [-0.4, -0.2) is 37.3 Å². The van der Waals surface area contributed by atoms with Gasteiger partial charge in [0.1, 0.15) is 0 Å². The molecule has 1 heterocycles. The Bertz CT molecular complexity index is 533. The van der Waals surface area contributed by atoms with Crippen molar-refractivity contribution in [1.82, 2.24) is 5.32 Å². The average Bonchev–Trinajstić information content (AvgIpc) is 2.08. The molecule has 0 spiro atoms. The highest BCUT2D eigenvalue weighted by atomic mass is 32.2. The first-order chi connectivity index (χ1) is 8.40. The summed E-state index contributed by atoms with van der Waals surface area (Å²) in [4.78, 5) is 12.2. The molecule has 1 N–H and O–H groups in total. The first kappa shape index (κ1) is 14.4. The third kappa shape index (κ3) is 2.40. The fourth-order valence-electron chi connectivity index (χ4n) is 2.88. The molecular formula is C12H17F2NO3S. The van der Waals surface area contributed by atoms with E-state index in [0.717, 1.165) is 0 Å². The summed E-state index contributed by atoms with van der Waals surface area (Å²) < 4.78 is 48.5. The highest BCUT2D eigenvalue weighted by molar-refractivity contribution is 7.93. The van der Waals surface area contributed by atoms with E-state index in [1.165, 1.54) is 0 Å². The summed E-state index contributed by atoms with van der Waals surface area (Å²) in [6.45, 7) is 6.78. The summed E-state index contributed by atoms with van der Waals surface area (Å²) in [6.07, 6.45) is -1.10. The van der Waals surface area contributed by atoms with Crippen molar-refractivity contribution in [1.29, 1.82) is 0 Å². The lowest BCUT2D eigenvalue weighted by Crippen LogP contribution is -2.67. The van der Waals surface area contributed by atoms with Crippen molar-refractivity contribution in [2.45, 2.75) is 38.2 Å². The van der Waals surface area contributed by atoms with Gasteiger partial charge < -0.3 is 5.32 Å². The van der Waals surface area contributed by atoms with E-state index in [1.54, 1.807) is 13.8 Å². The normalized spacial score (nSPS) is 28.6. The van der Waals surface area contributed by atoms with Crippen molar-refractivity contribution in [2.24, 2.45) is 5.41 Å². The van der Waals surface area contributed by atoms with E-state index in [4.69, 9.17) is 0 Å². The summed E-state index contributed by atoms with van der Waals surface area (Å²) in [6, 6.07) is 0. The van der Waals surface area contributed by atoms with E-state index in [1.807, 2.05) is 0 Å². The second-order valence-electron chi connectivity index (χ2n) is 6.12. The fourth-order valence-corrected chi connectivity index (χ4v) is 4.88. The predicted molar refractivity (Wildman–Crippen MR) is 66.6 cm³/mol. The van der Waals surface area contributed by atoms with Crippen molar-refractivity contribution >= 4 is 15.7 Å². The van der Waals surface area contributed by atoms with Crippen LogP contribution in [0.25, 0.3) is 0 Å². The molecule has 4 nitrogen and oxygen atoms in total. The lowest BCUT2D eigenvalue weighted by molar-refractivity contribution is -0.170. The molecule has 2 fully saturated rings. The first-order valence-corrected chi connectivity index (χ1v) is 7.79. The van der Waals surface area contributed by atoms with Crippen LogP contribution in [0.15, 0.2) is 12.2 Å². The number of carbonyl (C=O) groups excluding carboxylic acids is 1. The molecule has 19 heavy (non-hydrogen) atoms. The van der Waals surface area contributed by atoms with Gasteiger partial charge in [0.05, 0.1) is 22.5 Å². The standard InChI is InChI=1S/C12H17F2NO3S/c1-8(2)11(4-12(13,14)5-11)9(16)15-10(3)6-19(17,18)7-10/h1,4-7H2,2-3H3,(H,15,16). The molecule has 108 valence electrons. The molecule has 1 amide bonds. The SMILES string of the molecule is C=C(C)C1(C(=O)NC2(C)CS(=O)(=O)C2)CC(F)(F)C1. The molecule has 1 saturated carbocycles. The van der Waals surface area contributed by atoms with Gasteiger partial charge in [-0.2, -0.15) is 0 Å². The maximum Gasteiger partial charge on any atom is 0.250 e. The smallest absolute Gasteiger partial charge is 0.250 e. The van der Waals surface area contributed by atoms with Gasteiger partial charge in [-0.25, -0.2) is 17.2 Å². The Labute approximate surface area is 111 Å². The number of hydrogen-bond acceptors (Lipinski definition) is 3. The molecule has 1 aliphatic heterocycles. The van der Waals surface area contributed by atoms with Crippen LogP contribution >= 0.6 is 0 Å². The van der Waals surface area contributed by atoms with E-state index in [-0.39, 0.29) is 11.5 Å². The minimum absolute atomic E-state index is 0.144. The lowest BCUT2D eigenvalue weighted by atomic mass is 9.61. The van der Waals surface area contributed by atoms with Crippen molar-refractivity contribution in [2.75, 3.05) is 11.5 Å². The number of sulfone groups is 1. The second kappa shape index (κ2) is 3.77. The quantitative estimate of drug-likeness (QED) is 0.797. The molecule has 0 bridgehead atoms. The Balaban J connectivity index is 2.10. The Hall–Kier alpha value is -0.980. The topological polar surface area (TPSA) is 63.2 Å². The summed E-state index contributed by atoms with van der Waals surface area (Å²) in [7, 11) is -3.10. The van der Waals surface area contributed by atoms with Gasteiger partial charge in [0, 0.05) is 12.8 Å². The molecule has 2 aliphatic rings. The van der Waals surface area contributed by atoms with Gasteiger partial charge in [-0.3, -0.25) is 4.79 Å². The van der Waals surface area contributed by atoms with E-state index >= 15 is 0 Å². The molecule has 1 saturated heterocycles. The molecule has 0 aromatic rings. The van der Waals surface area contributed by atoms with Gasteiger partial charge in [0.25, 0.3) is 5.92 Å². The number of rotatable bonds is 3. The van der Waals surface area contributed by atoms with Gasteiger partial charge in [0.15, 0.2) is 9.84 Å². The Morgan fingerprint density at radius 1 is 1.26 bits per heavy atom. The van der Waals surface area contributed by atoms with Crippen LogP contribution < -0.4 is 5.32 Å². The van der Waals surface area contributed by atoms with Crippen molar-refractivity contribution in [3.05, 3.63) is 12.2 Å². The zero-order valence-corrected chi connectivity index (χ0v) is 11.7. The second-order valence-corrected chi connectivity index (χ2v) is 8.18. The van der Waals surface area contributed by atoms with Crippen LogP contribution in [-0.2, 0) is 14.6 Å². The van der Waals surface area contributed by atoms with Crippen LogP contribution in [0.5, 0.6) is 0 Å². The first-order valence-electron chi connectivity index (χ1n) is 5.97. The molecule has 2 rings (SSSR count). The number of halogens is 2. The zero-order valence-electron chi connectivity index (χ0n) is 10.9. The van der Waals surface area contributed by atoms with E-state index in [9.17, 15) is 22.0 Å². The van der Waals surface area contributed by atoms with E-state index < -0.39 is 45.5 Å². The number of carbonyl (C=O) groups is 1. The average molecular weight is 293 g/mol.